The second-order valence-electron chi connectivity index (χ2n) is 11.8. The normalized spacial score (nSPS) is 12.7. The lowest BCUT2D eigenvalue weighted by molar-refractivity contribution is -0.139. The molecule has 1 heterocycles. The third-order valence-electron chi connectivity index (χ3n) is 8.42. The molecule has 45 heavy (non-hydrogen) atoms. The van der Waals surface area contributed by atoms with E-state index in [0.29, 0.717) is 12.3 Å². The average molecular weight is 618 g/mol. The molecule has 2 N–H and O–H groups in total. The SMILES string of the molecule is CCCCCCCCCCCCCCOC(=O)n1cnc(C[C@H](NC(=O)OCC2c3ccccc3-c3ccccc32)C(=O)O)c1. The van der Waals surface area contributed by atoms with Crippen molar-refractivity contribution in [1.82, 2.24) is 14.9 Å². The zero-order chi connectivity index (χ0) is 31.9. The number of carbonyl (C=O) groups excluding carboxylic acids is 2. The minimum atomic E-state index is -1.28. The fourth-order valence-electron chi connectivity index (χ4n) is 5.94. The van der Waals surface area contributed by atoms with Crippen molar-refractivity contribution in [3.8, 4) is 11.1 Å². The van der Waals surface area contributed by atoms with Crippen LogP contribution in [0.2, 0.25) is 0 Å². The number of carbonyl (C=O) groups is 3. The number of alkyl carbamates (subject to hydrolysis) is 1. The summed E-state index contributed by atoms with van der Waals surface area (Å²) in [6, 6.07) is 14.7. The molecule has 0 aliphatic heterocycles. The molecule has 4 rings (SSSR count). The topological polar surface area (TPSA) is 120 Å². The quantitative estimate of drug-likeness (QED) is 0.130. The summed E-state index contributed by atoms with van der Waals surface area (Å²) >= 11 is 0. The first-order valence-corrected chi connectivity index (χ1v) is 16.5. The van der Waals surface area contributed by atoms with Crippen molar-refractivity contribution in [2.75, 3.05) is 13.2 Å². The van der Waals surface area contributed by atoms with Gasteiger partial charge in [0.2, 0.25) is 0 Å². The van der Waals surface area contributed by atoms with Gasteiger partial charge in [0.25, 0.3) is 0 Å². The maximum Gasteiger partial charge on any atom is 0.419 e. The highest BCUT2D eigenvalue weighted by atomic mass is 16.6. The molecule has 1 atom stereocenters. The molecule has 0 radical (unpaired) electrons. The van der Waals surface area contributed by atoms with Crippen molar-refractivity contribution in [2.24, 2.45) is 0 Å². The number of rotatable bonds is 19. The van der Waals surface area contributed by atoms with Crippen LogP contribution in [0.25, 0.3) is 11.1 Å². The number of unbranched alkanes of at least 4 members (excludes halogenated alkanes) is 11. The van der Waals surface area contributed by atoms with Crippen LogP contribution in [0.5, 0.6) is 0 Å². The Morgan fingerprint density at radius 3 is 1.96 bits per heavy atom. The third-order valence-corrected chi connectivity index (χ3v) is 8.42. The lowest BCUT2D eigenvalue weighted by Gasteiger charge is -2.17. The molecule has 1 aliphatic rings. The van der Waals surface area contributed by atoms with E-state index in [1.165, 1.54) is 74.9 Å². The number of carboxylic acids is 1. The van der Waals surface area contributed by atoms with Crippen LogP contribution >= 0.6 is 0 Å². The van der Waals surface area contributed by atoms with Gasteiger partial charge in [0.1, 0.15) is 19.0 Å². The van der Waals surface area contributed by atoms with Crippen LogP contribution < -0.4 is 5.32 Å². The number of hydrogen-bond acceptors (Lipinski definition) is 6. The fraction of sp³-hybridized carbons (Fsp3) is 0.500. The number of aliphatic carboxylic acids is 1. The van der Waals surface area contributed by atoms with E-state index in [9.17, 15) is 19.5 Å². The molecule has 9 heteroatoms. The van der Waals surface area contributed by atoms with Gasteiger partial charge in [-0.25, -0.2) is 23.9 Å². The Hall–Kier alpha value is -4.14. The molecule has 0 bridgehead atoms. The molecule has 1 aromatic heterocycles. The summed E-state index contributed by atoms with van der Waals surface area (Å²) in [6.45, 7) is 2.64. The third kappa shape index (κ3) is 10.2. The number of imidazole rings is 1. The highest BCUT2D eigenvalue weighted by Gasteiger charge is 2.30. The molecule has 0 saturated heterocycles. The van der Waals surface area contributed by atoms with Gasteiger partial charge in [-0.15, -0.1) is 0 Å². The maximum atomic E-state index is 12.6. The molecule has 3 aromatic rings. The summed E-state index contributed by atoms with van der Waals surface area (Å²) < 4.78 is 12.1. The Bertz CT molecular complexity index is 1340. The van der Waals surface area contributed by atoms with Gasteiger partial charge in [-0.1, -0.05) is 126 Å². The number of benzene rings is 2. The molecule has 242 valence electrons. The van der Waals surface area contributed by atoms with E-state index in [1.54, 1.807) is 0 Å². The number of carboxylic acid groups (broad SMARTS) is 1. The number of hydrogen-bond donors (Lipinski definition) is 2. The molecular formula is C36H47N3O6. The van der Waals surface area contributed by atoms with Crippen LogP contribution in [0.1, 0.15) is 107 Å². The van der Waals surface area contributed by atoms with Gasteiger partial charge in [0, 0.05) is 18.5 Å². The van der Waals surface area contributed by atoms with Crippen molar-refractivity contribution in [2.45, 2.75) is 102 Å². The molecule has 0 spiro atoms. The van der Waals surface area contributed by atoms with Crippen LogP contribution in [0.3, 0.4) is 0 Å². The lowest BCUT2D eigenvalue weighted by Crippen LogP contribution is -2.43. The van der Waals surface area contributed by atoms with Gasteiger partial charge >= 0.3 is 18.2 Å². The second kappa shape index (κ2) is 18.0. The van der Waals surface area contributed by atoms with Crippen LogP contribution in [0.4, 0.5) is 9.59 Å². The first kappa shape index (κ1) is 33.7. The first-order valence-electron chi connectivity index (χ1n) is 16.5. The number of aromatic nitrogens is 2. The van der Waals surface area contributed by atoms with E-state index >= 15 is 0 Å². The summed E-state index contributed by atoms with van der Waals surface area (Å²) in [4.78, 5) is 41.2. The van der Waals surface area contributed by atoms with Crippen LogP contribution in [0.15, 0.2) is 61.1 Å². The van der Waals surface area contributed by atoms with E-state index in [1.807, 2.05) is 48.5 Å². The van der Waals surface area contributed by atoms with E-state index in [-0.39, 0.29) is 18.9 Å². The van der Waals surface area contributed by atoms with Gasteiger partial charge in [-0.3, -0.25) is 0 Å². The number of ether oxygens (including phenoxy) is 2. The highest BCUT2D eigenvalue weighted by Crippen LogP contribution is 2.44. The molecular weight excluding hydrogens is 570 g/mol. The summed E-state index contributed by atoms with van der Waals surface area (Å²) in [5.74, 6) is -1.37. The minimum Gasteiger partial charge on any atom is -0.480 e. The van der Waals surface area contributed by atoms with Gasteiger partial charge in [-0.05, 0) is 28.7 Å². The van der Waals surface area contributed by atoms with Gasteiger partial charge in [0.15, 0.2) is 0 Å². The predicted octanol–water partition coefficient (Wildman–Crippen LogP) is 8.10. The van der Waals surface area contributed by atoms with Crippen molar-refractivity contribution < 1.29 is 29.0 Å². The maximum absolute atomic E-state index is 12.6. The Morgan fingerprint density at radius 1 is 0.822 bits per heavy atom. The molecule has 9 nitrogen and oxygen atoms in total. The molecule has 1 amide bonds. The molecule has 0 saturated carbocycles. The van der Waals surface area contributed by atoms with Crippen molar-refractivity contribution in [1.29, 1.82) is 0 Å². The van der Waals surface area contributed by atoms with Crippen molar-refractivity contribution in [3.63, 3.8) is 0 Å². The molecule has 1 aliphatic carbocycles. The van der Waals surface area contributed by atoms with Crippen molar-refractivity contribution >= 4 is 18.2 Å². The summed E-state index contributed by atoms with van der Waals surface area (Å²) in [6.07, 6.45) is 16.0. The number of fused-ring (bicyclic) bond motifs is 3. The van der Waals surface area contributed by atoms with Crippen LogP contribution in [-0.4, -0.2) is 52.1 Å². The zero-order valence-corrected chi connectivity index (χ0v) is 26.4. The second-order valence-corrected chi connectivity index (χ2v) is 11.8. The predicted molar refractivity (Wildman–Crippen MR) is 173 cm³/mol. The minimum absolute atomic E-state index is 0.0753. The van der Waals surface area contributed by atoms with E-state index in [4.69, 9.17) is 9.47 Å². The smallest absolute Gasteiger partial charge is 0.419 e. The van der Waals surface area contributed by atoms with E-state index in [2.05, 4.69) is 17.2 Å². The largest absolute Gasteiger partial charge is 0.480 e. The van der Waals surface area contributed by atoms with E-state index in [0.717, 1.165) is 41.5 Å². The van der Waals surface area contributed by atoms with Gasteiger partial charge < -0.3 is 19.9 Å². The lowest BCUT2D eigenvalue weighted by atomic mass is 9.98. The number of nitrogens with zero attached hydrogens (tertiary/aromatic N) is 2. The Balaban J connectivity index is 1.14. The molecule has 2 aromatic carbocycles. The average Bonchev–Trinajstić information content (AvgIpc) is 3.64. The molecule has 0 fully saturated rings. The summed E-state index contributed by atoms with van der Waals surface area (Å²) in [5.41, 5.74) is 4.68. The monoisotopic (exact) mass is 617 g/mol. The van der Waals surface area contributed by atoms with Crippen molar-refractivity contribution in [3.05, 3.63) is 77.9 Å². The Morgan fingerprint density at radius 2 is 1.38 bits per heavy atom. The Labute approximate surface area is 266 Å². The van der Waals surface area contributed by atoms with Gasteiger partial charge in [-0.2, -0.15) is 0 Å². The zero-order valence-electron chi connectivity index (χ0n) is 26.4. The summed E-state index contributed by atoms with van der Waals surface area (Å²) in [7, 11) is 0. The fourth-order valence-corrected chi connectivity index (χ4v) is 5.94. The Kier molecular flexibility index (Phi) is 13.5. The number of nitrogens with one attached hydrogen (secondary N) is 1. The van der Waals surface area contributed by atoms with Gasteiger partial charge in [0.05, 0.1) is 12.3 Å². The highest BCUT2D eigenvalue weighted by molar-refractivity contribution is 5.81. The van der Waals surface area contributed by atoms with Crippen LogP contribution in [0, 0.1) is 0 Å². The van der Waals surface area contributed by atoms with Crippen LogP contribution in [-0.2, 0) is 20.7 Å². The number of amides is 1. The first-order chi connectivity index (χ1) is 22.0. The van der Waals surface area contributed by atoms with E-state index < -0.39 is 24.2 Å². The summed E-state index contributed by atoms with van der Waals surface area (Å²) in [5, 5.41) is 12.2. The standard InChI is InChI=1S/C36H47N3O6/c1-2-3-4-5-6-7-8-9-10-11-12-17-22-44-36(43)39-24-27(37-26-39)23-33(34(40)41)38-35(42)45-25-32-30-20-15-13-18-28(30)29-19-14-16-21-31(29)32/h13-16,18-21,24,26,32-33H,2-12,17,22-23,25H2,1H3,(H,38,42)(H,40,41)/t33-/m0/s1. The molecule has 0 unspecified atom stereocenters.